The van der Waals surface area contributed by atoms with Crippen LogP contribution in [-0.2, 0) is 20.2 Å². The van der Waals surface area contributed by atoms with Gasteiger partial charge in [-0.3, -0.25) is 9.11 Å². The van der Waals surface area contributed by atoms with Crippen molar-refractivity contribution in [1.29, 1.82) is 0 Å². The predicted octanol–water partition coefficient (Wildman–Crippen LogP) is -0.114. The molecular weight excluding hydrogens is 248 g/mol. The summed E-state index contributed by atoms with van der Waals surface area (Å²) in [6, 6.07) is 2.53. The van der Waals surface area contributed by atoms with E-state index in [0.717, 1.165) is 18.2 Å². The second-order valence-electron chi connectivity index (χ2n) is 2.55. The molecule has 1 rings (SSSR count). The maximum Gasteiger partial charge on any atom is 0.298 e. The van der Waals surface area contributed by atoms with E-state index in [0.29, 0.717) is 0 Å². The lowest BCUT2D eigenvalue weighted by atomic mass is 10.3. The van der Waals surface area contributed by atoms with Crippen LogP contribution < -0.4 is 0 Å². The minimum atomic E-state index is -4.74. The summed E-state index contributed by atoms with van der Waals surface area (Å²) in [5.74, 6) is -1.22. The standard InChI is InChI=1S/C6H6O7S2/c7-6-4(14(8,9)10)2-1-3-5(6)15(11,12)13/h1-3,7H,(H,8,9,10)(H,11,12,13). The van der Waals surface area contributed by atoms with E-state index in [-0.39, 0.29) is 0 Å². The second kappa shape index (κ2) is 3.45. The van der Waals surface area contributed by atoms with Crippen molar-refractivity contribution in [2.24, 2.45) is 0 Å². The maximum absolute atomic E-state index is 10.7. The Morgan fingerprint density at radius 1 is 0.867 bits per heavy atom. The molecule has 3 N–H and O–H groups in total. The molecule has 0 radical (unpaired) electrons. The van der Waals surface area contributed by atoms with Gasteiger partial charge in [-0.05, 0) is 12.1 Å². The van der Waals surface area contributed by atoms with Gasteiger partial charge in [-0.2, -0.15) is 16.8 Å². The molecule has 0 fully saturated rings. The molecule has 0 amide bonds. The lowest BCUT2D eigenvalue weighted by molar-refractivity contribution is 0.423. The van der Waals surface area contributed by atoms with Gasteiger partial charge in [-0.15, -0.1) is 0 Å². The molecule has 0 spiro atoms. The van der Waals surface area contributed by atoms with Crippen LogP contribution in [0.5, 0.6) is 5.75 Å². The minimum Gasteiger partial charge on any atom is -0.505 e. The zero-order valence-electron chi connectivity index (χ0n) is 7.02. The molecule has 0 aliphatic heterocycles. The van der Waals surface area contributed by atoms with Crippen LogP contribution in [0.3, 0.4) is 0 Å². The number of benzene rings is 1. The highest BCUT2D eigenvalue weighted by Crippen LogP contribution is 2.29. The summed E-state index contributed by atoms with van der Waals surface area (Å²) in [4.78, 5) is -1.98. The van der Waals surface area contributed by atoms with Crippen molar-refractivity contribution in [1.82, 2.24) is 0 Å². The molecule has 0 heterocycles. The second-order valence-corrected chi connectivity index (χ2v) is 5.33. The van der Waals surface area contributed by atoms with Crippen molar-refractivity contribution in [3.8, 4) is 5.75 Å². The molecule has 15 heavy (non-hydrogen) atoms. The van der Waals surface area contributed by atoms with Crippen molar-refractivity contribution in [3.63, 3.8) is 0 Å². The monoisotopic (exact) mass is 254 g/mol. The van der Waals surface area contributed by atoms with Crippen LogP contribution >= 0.6 is 0 Å². The fourth-order valence-corrected chi connectivity index (χ4v) is 2.19. The Bertz CT molecular complexity index is 534. The number of para-hydroxylation sites is 1. The smallest absolute Gasteiger partial charge is 0.298 e. The van der Waals surface area contributed by atoms with Gasteiger partial charge in [0.25, 0.3) is 20.2 Å². The van der Waals surface area contributed by atoms with Gasteiger partial charge in [0, 0.05) is 0 Å². The topological polar surface area (TPSA) is 129 Å². The first-order chi connectivity index (χ1) is 6.64. The summed E-state index contributed by atoms with van der Waals surface area (Å²) >= 11 is 0. The van der Waals surface area contributed by atoms with Crippen LogP contribution in [0, 0.1) is 0 Å². The summed E-state index contributed by atoms with van der Waals surface area (Å²) < 4.78 is 59.8. The molecule has 0 saturated heterocycles. The number of phenolic OH excluding ortho intramolecular Hbond substituents is 1. The van der Waals surface area contributed by atoms with Crippen LogP contribution in [0.1, 0.15) is 0 Å². The van der Waals surface area contributed by atoms with E-state index in [1.807, 2.05) is 0 Å². The van der Waals surface area contributed by atoms with Crippen molar-refractivity contribution >= 4 is 20.2 Å². The van der Waals surface area contributed by atoms with Gasteiger partial charge in [0.1, 0.15) is 9.79 Å². The first-order valence-corrected chi connectivity index (χ1v) is 6.29. The lowest BCUT2D eigenvalue weighted by Gasteiger charge is -2.04. The molecule has 84 valence electrons. The normalized spacial score (nSPS) is 12.7. The van der Waals surface area contributed by atoms with E-state index in [4.69, 9.17) is 9.11 Å². The number of phenols is 1. The molecule has 1 aromatic rings. The van der Waals surface area contributed by atoms with E-state index in [9.17, 15) is 21.9 Å². The quantitative estimate of drug-likeness (QED) is 0.627. The Morgan fingerprint density at radius 2 is 1.20 bits per heavy atom. The van der Waals surface area contributed by atoms with Crippen molar-refractivity contribution in [2.45, 2.75) is 9.79 Å². The minimum absolute atomic E-state index is 0.791. The predicted molar refractivity (Wildman–Crippen MR) is 47.7 cm³/mol. The van der Waals surface area contributed by atoms with Gasteiger partial charge in [-0.1, -0.05) is 6.07 Å². The van der Waals surface area contributed by atoms with Gasteiger partial charge >= 0.3 is 0 Å². The molecular formula is C6H6O7S2. The summed E-state index contributed by atoms with van der Waals surface area (Å²) in [6.07, 6.45) is 0. The molecule has 0 aromatic heterocycles. The molecule has 0 aliphatic carbocycles. The number of rotatable bonds is 2. The summed E-state index contributed by atoms with van der Waals surface area (Å²) in [5, 5.41) is 9.18. The lowest BCUT2D eigenvalue weighted by Crippen LogP contribution is -2.04. The van der Waals surface area contributed by atoms with Gasteiger partial charge in [0.15, 0.2) is 5.75 Å². The van der Waals surface area contributed by atoms with Crippen LogP contribution in [0.4, 0.5) is 0 Å². The van der Waals surface area contributed by atoms with E-state index < -0.39 is 35.8 Å². The Kier molecular flexibility index (Phi) is 2.74. The van der Waals surface area contributed by atoms with E-state index in [1.54, 1.807) is 0 Å². The Hall–Kier alpha value is -1.16. The largest absolute Gasteiger partial charge is 0.505 e. The zero-order chi connectivity index (χ0) is 11.9. The Labute approximate surface area is 85.5 Å². The maximum atomic E-state index is 10.7. The number of hydrogen-bond donors (Lipinski definition) is 3. The third-order valence-corrected chi connectivity index (χ3v) is 3.29. The Morgan fingerprint density at radius 3 is 1.47 bits per heavy atom. The van der Waals surface area contributed by atoms with Crippen LogP contribution in [-0.4, -0.2) is 31.0 Å². The third-order valence-electron chi connectivity index (χ3n) is 1.52. The number of aromatic hydroxyl groups is 1. The van der Waals surface area contributed by atoms with E-state index in [1.165, 1.54) is 0 Å². The van der Waals surface area contributed by atoms with Crippen molar-refractivity contribution in [2.75, 3.05) is 0 Å². The van der Waals surface area contributed by atoms with E-state index >= 15 is 0 Å². The third kappa shape index (κ3) is 2.45. The highest BCUT2D eigenvalue weighted by atomic mass is 32.2. The molecule has 7 nitrogen and oxygen atoms in total. The van der Waals surface area contributed by atoms with Gasteiger partial charge in [0.2, 0.25) is 0 Å². The number of hydrogen-bond acceptors (Lipinski definition) is 5. The fraction of sp³-hybridized carbons (Fsp3) is 0. The molecule has 0 bridgehead atoms. The van der Waals surface area contributed by atoms with Gasteiger partial charge < -0.3 is 5.11 Å². The molecule has 0 aliphatic rings. The zero-order valence-corrected chi connectivity index (χ0v) is 8.66. The first kappa shape index (κ1) is 11.9. The summed E-state index contributed by atoms with van der Waals surface area (Å²) in [5.41, 5.74) is 0. The molecule has 0 unspecified atom stereocenters. The summed E-state index contributed by atoms with van der Waals surface area (Å²) in [7, 11) is -9.48. The van der Waals surface area contributed by atoms with Crippen LogP contribution in [0.2, 0.25) is 0 Å². The summed E-state index contributed by atoms with van der Waals surface area (Å²) in [6.45, 7) is 0. The highest BCUT2D eigenvalue weighted by molar-refractivity contribution is 7.86. The van der Waals surface area contributed by atoms with Gasteiger partial charge in [0.05, 0.1) is 0 Å². The SMILES string of the molecule is O=S(=O)(O)c1cccc(S(=O)(=O)O)c1O. The molecule has 0 atom stereocenters. The van der Waals surface area contributed by atoms with Crippen molar-refractivity contribution < 1.29 is 31.0 Å². The first-order valence-electron chi connectivity index (χ1n) is 3.41. The Balaban J connectivity index is 3.65. The molecule has 1 aromatic carbocycles. The van der Waals surface area contributed by atoms with Crippen molar-refractivity contribution in [3.05, 3.63) is 18.2 Å². The molecule has 0 saturated carbocycles. The average Bonchev–Trinajstić information content (AvgIpc) is 1.99. The fourth-order valence-electron chi connectivity index (χ4n) is 0.919. The van der Waals surface area contributed by atoms with Crippen LogP contribution in [0.15, 0.2) is 28.0 Å². The van der Waals surface area contributed by atoms with E-state index in [2.05, 4.69) is 0 Å². The highest BCUT2D eigenvalue weighted by Gasteiger charge is 2.23. The van der Waals surface area contributed by atoms with Crippen LogP contribution in [0.25, 0.3) is 0 Å². The molecule has 9 heteroatoms. The average molecular weight is 254 g/mol. The van der Waals surface area contributed by atoms with Gasteiger partial charge in [-0.25, -0.2) is 0 Å².